The lowest BCUT2D eigenvalue weighted by Gasteiger charge is -2.12. The molecule has 0 radical (unpaired) electrons. The summed E-state index contributed by atoms with van der Waals surface area (Å²) in [5, 5.41) is 9.36. The average molecular weight is 384 g/mol. The highest BCUT2D eigenvalue weighted by molar-refractivity contribution is 8.15. The fourth-order valence-corrected chi connectivity index (χ4v) is 3.89. The number of benzene rings is 2. The number of carbonyl (C=O) groups is 1. The predicted molar refractivity (Wildman–Crippen MR) is 110 cm³/mol. The molecule has 1 aliphatic heterocycles. The van der Waals surface area contributed by atoms with E-state index in [9.17, 15) is 4.79 Å². The van der Waals surface area contributed by atoms with E-state index in [-0.39, 0.29) is 11.2 Å². The Bertz CT molecular complexity index is 851. The zero-order chi connectivity index (χ0) is 18.4. The minimum Gasteiger partial charge on any atom is -0.285 e. The predicted octanol–water partition coefficient (Wildman–Crippen LogP) is 4.40. The van der Waals surface area contributed by atoms with E-state index in [1.807, 2.05) is 48.5 Å². The molecule has 1 saturated heterocycles. The topological polar surface area (TPSA) is 45.0 Å². The number of halogens is 1. The molecule has 2 aromatic rings. The number of rotatable bonds is 6. The molecular formula is C20H18ClN3OS. The van der Waals surface area contributed by atoms with Crippen LogP contribution in [0.5, 0.6) is 0 Å². The molecule has 4 nitrogen and oxygen atoms in total. The first-order chi connectivity index (χ1) is 12.7. The van der Waals surface area contributed by atoms with Gasteiger partial charge in [0, 0.05) is 17.1 Å². The summed E-state index contributed by atoms with van der Waals surface area (Å²) in [5.74, 6) is 0.0328. The number of nitrogens with zero attached hydrogens (tertiary/aromatic N) is 3. The van der Waals surface area contributed by atoms with Gasteiger partial charge in [-0.05, 0) is 18.1 Å². The normalized spacial score (nSPS) is 18.8. The Kier molecular flexibility index (Phi) is 6.26. The van der Waals surface area contributed by atoms with Crippen LogP contribution in [0.3, 0.4) is 0 Å². The molecule has 1 amide bonds. The number of amidine groups is 1. The summed E-state index contributed by atoms with van der Waals surface area (Å²) in [6.45, 7) is 4.14. The molecule has 1 aliphatic rings. The fourth-order valence-electron chi connectivity index (χ4n) is 2.56. The third-order valence-corrected chi connectivity index (χ3v) is 5.35. The summed E-state index contributed by atoms with van der Waals surface area (Å²) in [7, 11) is 0. The highest BCUT2D eigenvalue weighted by Crippen LogP contribution is 2.30. The van der Waals surface area contributed by atoms with Gasteiger partial charge in [0.1, 0.15) is 0 Å². The molecule has 1 fully saturated rings. The molecule has 3 rings (SSSR count). The molecule has 0 bridgehead atoms. The SMILES string of the molecule is C=CCN1C(=O)C(Cc2ccccc2)S/C1=N\N=C\c1ccccc1Cl. The van der Waals surface area contributed by atoms with Gasteiger partial charge < -0.3 is 0 Å². The van der Waals surface area contributed by atoms with Crippen LogP contribution in [0, 0.1) is 0 Å². The van der Waals surface area contributed by atoms with Gasteiger partial charge in [-0.25, -0.2) is 0 Å². The molecule has 2 aromatic carbocycles. The van der Waals surface area contributed by atoms with Gasteiger partial charge in [0.25, 0.3) is 0 Å². The van der Waals surface area contributed by atoms with E-state index in [4.69, 9.17) is 11.6 Å². The van der Waals surface area contributed by atoms with Crippen LogP contribution < -0.4 is 0 Å². The van der Waals surface area contributed by atoms with Gasteiger partial charge in [0.15, 0.2) is 5.17 Å². The largest absolute Gasteiger partial charge is 0.285 e. The highest BCUT2D eigenvalue weighted by Gasteiger charge is 2.37. The summed E-state index contributed by atoms with van der Waals surface area (Å²) in [5.41, 5.74) is 1.90. The number of amides is 1. The molecule has 0 spiro atoms. The lowest BCUT2D eigenvalue weighted by molar-refractivity contribution is -0.125. The van der Waals surface area contributed by atoms with Crippen LogP contribution in [0.4, 0.5) is 0 Å². The summed E-state index contributed by atoms with van der Waals surface area (Å²) in [6, 6.07) is 17.4. The Morgan fingerprint density at radius 1 is 1.15 bits per heavy atom. The highest BCUT2D eigenvalue weighted by atomic mass is 35.5. The van der Waals surface area contributed by atoms with Crippen LogP contribution in [-0.2, 0) is 11.2 Å². The van der Waals surface area contributed by atoms with Crippen molar-refractivity contribution in [2.24, 2.45) is 10.2 Å². The van der Waals surface area contributed by atoms with Gasteiger partial charge in [-0.2, -0.15) is 5.10 Å². The second-order valence-corrected chi connectivity index (χ2v) is 7.26. The van der Waals surface area contributed by atoms with Gasteiger partial charge in [-0.1, -0.05) is 78.0 Å². The van der Waals surface area contributed by atoms with Crippen molar-refractivity contribution < 1.29 is 4.79 Å². The van der Waals surface area contributed by atoms with Gasteiger partial charge in [-0.3, -0.25) is 9.69 Å². The molecule has 132 valence electrons. The van der Waals surface area contributed by atoms with Crippen LogP contribution >= 0.6 is 23.4 Å². The zero-order valence-electron chi connectivity index (χ0n) is 14.1. The van der Waals surface area contributed by atoms with E-state index in [2.05, 4.69) is 16.8 Å². The molecule has 1 unspecified atom stereocenters. The van der Waals surface area contributed by atoms with Crippen molar-refractivity contribution >= 4 is 40.7 Å². The Hall–Kier alpha value is -2.37. The van der Waals surface area contributed by atoms with E-state index >= 15 is 0 Å². The van der Waals surface area contributed by atoms with Crippen molar-refractivity contribution in [2.45, 2.75) is 11.7 Å². The molecule has 0 aromatic heterocycles. The second kappa shape index (κ2) is 8.83. The van der Waals surface area contributed by atoms with Crippen molar-refractivity contribution in [2.75, 3.05) is 6.54 Å². The van der Waals surface area contributed by atoms with Crippen molar-refractivity contribution in [3.05, 3.63) is 83.4 Å². The minimum absolute atomic E-state index is 0.0328. The molecule has 26 heavy (non-hydrogen) atoms. The first kappa shape index (κ1) is 18.4. The number of thioether (sulfide) groups is 1. The van der Waals surface area contributed by atoms with Crippen LogP contribution in [0.25, 0.3) is 0 Å². The Morgan fingerprint density at radius 3 is 2.62 bits per heavy atom. The third kappa shape index (κ3) is 4.42. The van der Waals surface area contributed by atoms with Crippen molar-refractivity contribution in [1.82, 2.24) is 4.90 Å². The number of hydrogen-bond donors (Lipinski definition) is 0. The van der Waals surface area contributed by atoms with Crippen molar-refractivity contribution in [3.8, 4) is 0 Å². The average Bonchev–Trinajstić information content (AvgIpc) is 2.94. The Labute approximate surface area is 162 Å². The molecule has 0 aliphatic carbocycles. The first-order valence-electron chi connectivity index (χ1n) is 8.17. The zero-order valence-corrected chi connectivity index (χ0v) is 15.7. The Balaban J connectivity index is 1.77. The first-order valence-corrected chi connectivity index (χ1v) is 9.43. The summed E-state index contributed by atoms with van der Waals surface area (Å²) < 4.78 is 0. The quantitative estimate of drug-likeness (QED) is 0.421. The Morgan fingerprint density at radius 2 is 1.88 bits per heavy atom. The molecule has 0 saturated carbocycles. The third-order valence-electron chi connectivity index (χ3n) is 3.84. The van der Waals surface area contributed by atoms with E-state index in [1.165, 1.54) is 11.8 Å². The van der Waals surface area contributed by atoms with Crippen LogP contribution in [0.1, 0.15) is 11.1 Å². The van der Waals surface area contributed by atoms with Crippen molar-refractivity contribution in [3.63, 3.8) is 0 Å². The maximum atomic E-state index is 12.7. The minimum atomic E-state index is -0.202. The molecule has 0 N–H and O–H groups in total. The number of carbonyl (C=O) groups excluding carboxylic acids is 1. The van der Waals surface area contributed by atoms with E-state index in [0.717, 1.165) is 11.1 Å². The molecule has 1 atom stereocenters. The summed E-state index contributed by atoms with van der Waals surface area (Å²) in [4.78, 5) is 14.3. The van der Waals surface area contributed by atoms with E-state index < -0.39 is 0 Å². The maximum absolute atomic E-state index is 12.7. The van der Waals surface area contributed by atoms with Crippen molar-refractivity contribution in [1.29, 1.82) is 0 Å². The lowest BCUT2D eigenvalue weighted by atomic mass is 10.1. The fraction of sp³-hybridized carbons (Fsp3) is 0.150. The van der Waals surface area contributed by atoms with Gasteiger partial charge in [-0.15, -0.1) is 11.7 Å². The molecule has 6 heteroatoms. The van der Waals surface area contributed by atoms with Gasteiger partial charge in [0.05, 0.1) is 11.5 Å². The van der Waals surface area contributed by atoms with Crippen LogP contribution in [-0.4, -0.2) is 34.0 Å². The van der Waals surface area contributed by atoms with E-state index in [1.54, 1.807) is 23.3 Å². The lowest BCUT2D eigenvalue weighted by Crippen LogP contribution is -2.32. The number of hydrogen-bond acceptors (Lipinski definition) is 4. The monoisotopic (exact) mass is 383 g/mol. The summed E-state index contributed by atoms with van der Waals surface area (Å²) in [6.07, 6.45) is 3.94. The maximum Gasteiger partial charge on any atom is 0.242 e. The molecular weight excluding hydrogens is 366 g/mol. The van der Waals surface area contributed by atoms with Crippen LogP contribution in [0.15, 0.2) is 77.5 Å². The van der Waals surface area contributed by atoms with Crippen LogP contribution in [0.2, 0.25) is 5.02 Å². The van der Waals surface area contributed by atoms with Gasteiger partial charge >= 0.3 is 0 Å². The van der Waals surface area contributed by atoms with E-state index in [0.29, 0.717) is 23.2 Å². The molecule has 1 heterocycles. The second-order valence-electron chi connectivity index (χ2n) is 5.68. The standard InChI is InChI=1S/C20H18ClN3OS/c1-2-12-24-19(25)18(13-15-8-4-3-5-9-15)26-20(24)23-22-14-16-10-6-7-11-17(16)21/h2-11,14,18H,1,12-13H2/b22-14+,23-20-. The smallest absolute Gasteiger partial charge is 0.242 e. The summed E-state index contributed by atoms with van der Waals surface area (Å²) >= 11 is 7.54. The van der Waals surface area contributed by atoms with Gasteiger partial charge in [0.2, 0.25) is 5.91 Å².